The number of benzene rings is 1. The lowest BCUT2D eigenvalue weighted by Gasteiger charge is -2.24. The van der Waals surface area contributed by atoms with Gasteiger partial charge in [-0.05, 0) is 31.2 Å². The summed E-state index contributed by atoms with van der Waals surface area (Å²) in [6, 6.07) is 10.0. The molecule has 18 heavy (non-hydrogen) atoms. The molecule has 0 amide bonds. The van der Waals surface area contributed by atoms with Crippen molar-refractivity contribution >= 4 is 6.29 Å². The molecule has 1 fully saturated rings. The molecule has 1 aromatic rings. The Hall–Kier alpha value is -1.19. The van der Waals surface area contributed by atoms with Gasteiger partial charge in [0.25, 0.3) is 0 Å². The van der Waals surface area contributed by atoms with E-state index in [1.165, 1.54) is 5.56 Å². The molecule has 0 bridgehead atoms. The van der Waals surface area contributed by atoms with Crippen LogP contribution in [0.15, 0.2) is 30.3 Å². The molecule has 1 saturated heterocycles. The fourth-order valence-electron chi connectivity index (χ4n) is 2.14. The Morgan fingerprint density at radius 1 is 1.33 bits per heavy atom. The molecule has 1 heterocycles. The van der Waals surface area contributed by atoms with E-state index in [4.69, 9.17) is 9.47 Å². The maximum absolute atomic E-state index is 11.1. The summed E-state index contributed by atoms with van der Waals surface area (Å²) in [7, 11) is 0. The summed E-state index contributed by atoms with van der Waals surface area (Å²) < 4.78 is 11.1. The van der Waals surface area contributed by atoms with Crippen molar-refractivity contribution in [2.45, 2.75) is 32.0 Å². The van der Waals surface area contributed by atoms with Gasteiger partial charge in [-0.15, -0.1) is 0 Å². The van der Waals surface area contributed by atoms with Crippen LogP contribution in [0.1, 0.15) is 24.8 Å². The van der Waals surface area contributed by atoms with Crippen LogP contribution < -0.4 is 0 Å². The van der Waals surface area contributed by atoms with Gasteiger partial charge < -0.3 is 14.3 Å². The molecule has 0 N–H and O–H groups in total. The van der Waals surface area contributed by atoms with E-state index in [2.05, 4.69) is 0 Å². The van der Waals surface area contributed by atoms with E-state index in [0.717, 1.165) is 38.6 Å². The Bertz CT molecular complexity index is 344. The average molecular weight is 248 g/mol. The molecule has 3 heteroatoms. The lowest BCUT2D eigenvalue weighted by Crippen LogP contribution is -2.26. The first-order chi connectivity index (χ1) is 8.88. The third kappa shape index (κ3) is 4.24. The molecule has 98 valence electrons. The zero-order chi connectivity index (χ0) is 12.6. The van der Waals surface area contributed by atoms with E-state index < -0.39 is 0 Å². The van der Waals surface area contributed by atoms with Gasteiger partial charge in [0, 0.05) is 12.5 Å². The van der Waals surface area contributed by atoms with Crippen molar-refractivity contribution < 1.29 is 14.3 Å². The van der Waals surface area contributed by atoms with Crippen molar-refractivity contribution in [1.29, 1.82) is 0 Å². The lowest BCUT2D eigenvalue weighted by molar-refractivity contribution is -0.169. The van der Waals surface area contributed by atoms with Crippen LogP contribution in [-0.4, -0.2) is 25.8 Å². The molecule has 1 aliphatic rings. The number of hydrogen-bond donors (Lipinski definition) is 0. The second kappa shape index (κ2) is 7.29. The number of hydrogen-bond acceptors (Lipinski definition) is 3. The summed E-state index contributed by atoms with van der Waals surface area (Å²) >= 11 is 0. The average Bonchev–Trinajstić information content (AvgIpc) is 2.45. The molecule has 0 radical (unpaired) electrons. The highest BCUT2D eigenvalue weighted by Gasteiger charge is 2.17. The topological polar surface area (TPSA) is 35.5 Å². The van der Waals surface area contributed by atoms with Crippen molar-refractivity contribution in [2.24, 2.45) is 5.92 Å². The molecule has 0 saturated carbocycles. The van der Waals surface area contributed by atoms with Gasteiger partial charge in [0.15, 0.2) is 6.29 Å². The molecule has 1 aromatic carbocycles. The van der Waals surface area contributed by atoms with Gasteiger partial charge in [-0.25, -0.2) is 0 Å². The summed E-state index contributed by atoms with van der Waals surface area (Å²) in [5, 5.41) is 0. The first-order valence-corrected chi connectivity index (χ1v) is 6.61. The Kier molecular flexibility index (Phi) is 5.36. The maximum Gasteiger partial charge on any atom is 0.157 e. The van der Waals surface area contributed by atoms with Gasteiger partial charge in [0.2, 0.25) is 0 Å². The van der Waals surface area contributed by atoms with Crippen LogP contribution in [0.5, 0.6) is 0 Å². The van der Waals surface area contributed by atoms with Gasteiger partial charge >= 0.3 is 0 Å². The predicted molar refractivity (Wildman–Crippen MR) is 69.2 cm³/mol. The van der Waals surface area contributed by atoms with Crippen LogP contribution in [-0.2, 0) is 20.7 Å². The molecule has 2 rings (SSSR count). The number of rotatable bonds is 6. The Balaban J connectivity index is 1.76. The minimum Gasteiger partial charge on any atom is -0.353 e. The fraction of sp³-hybridized carbons (Fsp3) is 0.533. The van der Waals surface area contributed by atoms with Gasteiger partial charge in [-0.3, -0.25) is 0 Å². The van der Waals surface area contributed by atoms with E-state index in [-0.39, 0.29) is 12.2 Å². The quantitative estimate of drug-likeness (QED) is 0.726. The van der Waals surface area contributed by atoms with Crippen LogP contribution in [0, 0.1) is 5.92 Å². The van der Waals surface area contributed by atoms with Crippen LogP contribution in [0.4, 0.5) is 0 Å². The van der Waals surface area contributed by atoms with Crippen LogP contribution in [0.2, 0.25) is 0 Å². The van der Waals surface area contributed by atoms with Crippen LogP contribution in [0.25, 0.3) is 0 Å². The minimum atomic E-state index is -0.114. The monoisotopic (exact) mass is 248 g/mol. The number of aldehydes is 1. The third-order valence-electron chi connectivity index (χ3n) is 3.17. The molecule has 2 atom stereocenters. The van der Waals surface area contributed by atoms with Crippen molar-refractivity contribution in [3.05, 3.63) is 35.9 Å². The van der Waals surface area contributed by atoms with Gasteiger partial charge in [-0.2, -0.15) is 0 Å². The van der Waals surface area contributed by atoms with Crippen molar-refractivity contribution in [3.63, 3.8) is 0 Å². The standard InChI is InChI=1S/C15H20O3/c16-11-14(10-13-6-2-1-3-7-13)12-18-15-8-4-5-9-17-15/h1-3,6-7,11,14-15H,4-5,8-10,12H2/t14-,15?/m1/s1. The normalized spacial score (nSPS) is 21.4. The van der Waals surface area contributed by atoms with E-state index in [1.54, 1.807) is 0 Å². The summed E-state index contributed by atoms with van der Waals surface area (Å²) in [6.07, 6.45) is 4.80. The first kappa shape index (κ1) is 13.2. The van der Waals surface area contributed by atoms with Crippen molar-refractivity contribution in [2.75, 3.05) is 13.2 Å². The van der Waals surface area contributed by atoms with Gasteiger partial charge in [0.05, 0.1) is 6.61 Å². The minimum absolute atomic E-state index is 0.0853. The maximum atomic E-state index is 11.1. The Labute approximate surface area is 108 Å². The summed E-state index contributed by atoms with van der Waals surface area (Å²) in [5.74, 6) is -0.0853. The smallest absolute Gasteiger partial charge is 0.157 e. The first-order valence-electron chi connectivity index (χ1n) is 6.61. The highest BCUT2D eigenvalue weighted by molar-refractivity contribution is 5.54. The SMILES string of the molecule is O=C[C@H](COC1CCCCO1)Cc1ccccc1. The fourth-order valence-corrected chi connectivity index (χ4v) is 2.14. The van der Waals surface area contributed by atoms with E-state index in [9.17, 15) is 4.79 Å². The van der Waals surface area contributed by atoms with Crippen molar-refractivity contribution in [3.8, 4) is 0 Å². The molecule has 1 unspecified atom stereocenters. The highest BCUT2D eigenvalue weighted by Crippen LogP contribution is 2.15. The van der Waals surface area contributed by atoms with E-state index in [1.807, 2.05) is 30.3 Å². The molecular weight excluding hydrogens is 228 g/mol. The lowest BCUT2D eigenvalue weighted by atomic mass is 10.0. The van der Waals surface area contributed by atoms with Gasteiger partial charge in [0.1, 0.15) is 6.29 Å². The number of carbonyl (C=O) groups excluding carboxylic acids is 1. The summed E-state index contributed by atoms with van der Waals surface area (Å²) in [5.41, 5.74) is 1.17. The molecule has 1 aliphatic heterocycles. The molecule has 0 aromatic heterocycles. The second-order valence-corrected chi connectivity index (χ2v) is 4.72. The predicted octanol–water partition coefficient (Wildman–Crippen LogP) is 2.59. The molecular formula is C15H20O3. The highest BCUT2D eigenvalue weighted by atomic mass is 16.7. The second-order valence-electron chi connectivity index (χ2n) is 4.72. The zero-order valence-electron chi connectivity index (χ0n) is 10.6. The Morgan fingerprint density at radius 2 is 2.17 bits per heavy atom. The molecule has 3 nitrogen and oxygen atoms in total. The van der Waals surface area contributed by atoms with E-state index in [0.29, 0.717) is 6.61 Å². The van der Waals surface area contributed by atoms with Crippen LogP contribution >= 0.6 is 0 Å². The Morgan fingerprint density at radius 3 is 2.83 bits per heavy atom. The van der Waals surface area contributed by atoms with E-state index >= 15 is 0 Å². The van der Waals surface area contributed by atoms with Crippen LogP contribution in [0.3, 0.4) is 0 Å². The summed E-state index contributed by atoms with van der Waals surface area (Å²) in [4.78, 5) is 11.1. The zero-order valence-corrected chi connectivity index (χ0v) is 10.6. The number of carbonyl (C=O) groups is 1. The summed E-state index contributed by atoms with van der Waals surface area (Å²) in [6.45, 7) is 1.22. The third-order valence-corrected chi connectivity index (χ3v) is 3.17. The molecule has 0 spiro atoms. The largest absolute Gasteiger partial charge is 0.353 e. The van der Waals surface area contributed by atoms with Gasteiger partial charge in [-0.1, -0.05) is 30.3 Å². The van der Waals surface area contributed by atoms with Crippen molar-refractivity contribution in [1.82, 2.24) is 0 Å². The number of ether oxygens (including phenoxy) is 2. The molecule has 0 aliphatic carbocycles.